The monoisotopic (exact) mass is 383 g/mol. The molecule has 1 amide bonds. The average Bonchev–Trinajstić information content (AvgIpc) is 3.35. The van der Waals surface area contributed by atoms with Crippen LogP contribution >= 0.6 is 0 Å². The molecule has 2 aromatic heterocycles. The Morgan fingerprint density at radius 3 is 3.00 bits per heavy atom. The number of ether oxygens (including phenoxy) is 1. The van der Waals surface area contributed by atoms with Crippen molar-refractivity contribution in [3.8, 4) is 0 Å². The zero-order valence-corrected chi connectivity index (χ0v) is 15.2. The minimum absolute atomic E-state index is 0.0765. The highest BCUT2D eigenvalue weighted by Gasteiger charge is 2.29. The minimum atomic E-state index is -0.700. The predicted molar refractivity (Wildman–Crippen MR) is 96.2 cm³/mol. The molecule has 3 heterocycles. The molecule has 4 rings (SSSR count). The smallest absolute Gasteiger partial charge is 0.340 e. The third-order valence-electron chi connectivity index (χ3n) is 4.84. The minimum Gasteiger partial charge on any atom is -0.465 e. The molecule has 1 unspecified atom stereocenters. The van der Waals surface area contributed by atoms with Crippen LogP contribution in [0.3, 0.4) is 0 Å². The number of methoxy groups -OCH3 is 1. The predicted octanol–water partition coefficient (Wildman–Crippen LogP) is 1.75. The van der Waals surface area contributed by atoms with E-state index in [4.69, 9.17) is 0 Å². The summed E-state index contributed by atoms with van der Waals surface area (Å²) < 4.78 is 19.9. The fourth-order valence-corrected chi connectivity index (χ4v) is 3.45. The maximum atomic E-state index is 13.8. The lowest BCUT2D eigenvalue weighted by Crippen LogP contribution is -2.30. The van der Waals surface area contributed by atoms with Gasteiger partial charge in [0.2, 0.25) is 5.82 Å². The molecule has 0 N–H and O–H groups in total. The first-order valence-corrected chi connectivity index (χ1v) is 8.88. The third kappa shape index (κ3) is 3.42. The van der Waals surface area contributed by atoms with Gasteiger partial charge >= 0.3 is 5.97 Å². The third-order valence-corrected chi connectivity index (χ3v) is 4.84. The van der Waals surface area contributed by atoms with Crippen LogP contribution in [0.15, 0.2) is 36.7 Å². The first kappa shape index (κ1) is 18.0. The van der Waals surface area contributed by atoms with Crippen molar-refractivity contribution in [1.29, 1.82) is 0 Å². The van der Waals surface area contributed by atoms with Crippen molar-refractivity contribution < 1.29 is 18.7 Å². The van der Waals surface area contributed by atoms with Gasteiger partial charge in [0.25, 0.3) is 11.7 Å². The molecule has 1 atom stereocenters. The summed E-state index contributed by atoms with van der Waals surface area (Å²) in [4.78, 5) is 34.3. The number of amides is 1. The van der Waals surface area contributed by atoms with Crippen LogP contribution in [-0.2, 0) is 11.2 Å². The Kier molecular flexibility index (Phi) is 4.72. The molecule has 0 saturated carbocycles. The molecular weight excluding hydrogens is 365 g/mol. The lowest BCUT2D eigenvalue weighted by atomic mass is 9.97. The second kappa shape index (κ2) is 7.34. The number of rotatable bonds is 4. The second-order valence-corrected chi connectivity index (χ2v) is 6.72. The van der Waals surface area contributed by atoms with Crippen LogP contribution in [0.2, 0.25) is 0 Å². The molecule has 1 aliphatic rings. The van der Waals surface area contributed by atoms with E-state index < -0.39 is 11.8 Å². The lowest BCUT2D eigenvalue weighted by Gasteiger charge is -2.15. The lowest BCUT2D eigenvalue weighted by molar-refractivity contribution is 0.0595. The summed E-state index contributed by atoms with van der Waals surface area (Å²) in [7, 11) is 1.22. The molecule has 0 spiro atoms. The fraction of sp³-hybridized carbons (Fsp3) is 0.316. The molecule has 144 valence electrons. The molecular formula is C19H18FN5O3. The number of likely N-dealkylation sites (tertiary alicyclic amines) is 1. The van der Waals surface area contributed by atoms with E-state index in [-0.39, 0.29) is 23.2 Å². The molecule has 1 aliphatic heterocycles. The van der Waals surface area contributed by atoms with Crippen LogP contribution in [0.1, 0.15) is 33.0 Å². The van der Waals surface area contributed by atoms with E-state index in [9.17, 15) is 14.0 Å². The van der Waals surface area contributed by atoms with E-state index in [2.05, 4.69) is 19.8 Å². The van der Waals surface area contributed by atoms with Crippen LogP contribution in [0.25, 0.3) is 5.78 Å². The number of hydrogen-bond acceptors (Lipinski definition) is 6. The summed E-state index contributed by atoms with van der Waals surface area (Å²) in [5, 5.41) is 4.18. The van der Waals surface area contributed by atoms with Crippen molar-refractivity contribution in [1.82, 2.24) is 24.5 Å². The van der Waals surface area contributed by atoms with E-state index in [0.29, 0.717) is 25.3 Å². The summed E-state index contributed by atoms with van der Waals surface area (Å²) in [5.74, 6) is -0.839. The number of carbonyl (C=O) groups is 2. The van der Waals surface area contributed by atoms with Crippen molar-refractivity contribution >= 4 is 17.7 Å². The highest BCUT2D eigenvalue weighted by Crippen LogP contribution is 2.23. The maximum Gasteiger partial charge on any atom is 0.340 e. The van der Waals surface area contributed by atoms with Crippen LogP contribution in [0.4, 0.5) is 4.39 Å². The Labute approximate surface area is 160 Å². The van der Waals surface area contributed by atoms with E-state index in [0.717, 1.165) is 12.0 Å². The Balaban J connectivity index is 1.44. The van der Waals surface area contributed by atoms with Crippen molar-refractivity contribution in [3.63, 3.8) is 0 Å². The zero-order chi connectivity index (χ0) is 19.7. The molecule has 0 bridgehead atoms. The summed E-state index contributed by atoms with van der Waals surface area (Å²) in [5.41, 5.74) is 0.753. The zero-order valence-electron chi connectivity index (χ0n) is 15.2. The van der Waals surface area contributed by atoms with Crippen LogP contribution < -0.4 is 0 Å². The number of hydrogen-bond donors (Lipinski definition) is 0. The van der Waals surface area contributed by atoms with Crippen LogP contribution in [0, 0.1) is 11.7 Å². The SMILES string of the molecule is COC(=O)c1cc(CC2CCN(C(=O)c3nc4ncccn4n3)C2)ccc1F. The topological polar surface area (TPSA) is 89.7 Å². The van der Waals surface area contributed by atoms with E-state index in [1.54, 1.807) is 29.4 Å². The van der Waals surface area contributed by atoms with Gasteiger partial charge in [-0.2, -0.15) is 4.98 Å². The Morgan fingerprint density at radius 2 is 2.21 bits per heavy atom. The average molecular weight is 383 g/mol. The van der Waals surface area contributed by atoms with E-state index in [1.165, 1.54) is 23.8 Å². The molecule has 1 fully saturated rings. The van der Waals surface area contributed by atoms with E-state index >= 15 is 0 Å². The highest BCUT2D eigenvalue weighted by molar-refractivity contribution is 5.91. The first-order chi connectivity index (χ1) is 13.5. The molecule has 28 heavy (non-hydrogen) atoms. The Hall–Kier alpha value is -3.36. The van der Waals surface area contributed by atoms with Gasteiger partial charge in [-0.15, -0.1) is 5.10 Å². The van der Waals surface area contributed by atoms with Gasteiger partial charge in [-0.05, 0) is 42.5 Å². The van der Waals surface area contributed by atoms with Crippen molar-refractivity contribution in [2.75, 3.05) is 20.2 Å². The molecule has 0 aliphatic carbocycles. The Morgan fingerprint density at radius 1 is 1.36 bits per heavy atom. The highest BCUT2D eigenvalue weighted by atomic mass is 19.1. The molecule has 3 aromatic rings. The normalized spacial score (nSPS) is 16.5. The molecule has 0 radical (unpaired) electrons. The van der Waals surface area contributed by atoms with Gasteiger partial charge in [-0.25, -0.2) is 18.7 Å². The van der Waals surface area contributed by atoms with Gasteiger partial charge in [0.1, 0.15) is 5.82 Å². The fourth-order valence-electron chi connectivity index (χ4n) is 3.45. The molecule has 1 saturated heterocycles. The second-order valence-electron chi connectivity index (χ2n) is 6.72. The Bertz CT molecular complexity index is 1020. The van der Waals surface area contributed by atoms with Gasteiger partial charge in [0.05, 0.1) is 12.7 Å². The standard InChI is InChI=1S/C19H18FN5O3/c1-28-18(27)14-10-12(3-4-15(14)20)9-13-5-8-24(11-13)17(26)16-22-19-21-6-2-7-25(19)23-16/h2-4,6-7,10,13H,5,8-9,11H2,1H3. The summed E-state index contributed by atoms with van der Waals surface area (Å²) in [6.45, 7) is 1.14. The summed E-state index contributed by atoms with van der Waals surface area (Å²) >= 11 is 0. The van der Waals surface area contributed by atoms with Gasteiger partial charge < -0.3 is 9.64 Å². The first-order valence-electron chi connectivity index (χ1n) is 8.88. The number of aromatic nitrogens is 4. The van der Waals surface area contributed by atoms with Gasteiger partial charge in [-0.1, -0.05) is 6.07 Å². The van der Waals surface area contributed by atoms with Crippen molar-refractivity contribution in [2.24, 2.45) is 5.92 Å². The van der Waals surface area contributed by atoms with Crippen molar-refractivity contribution in [2.45, 2.75) is 12.8 Å². The van der Waals surface area contributed by atoms with Crippen LogP contribution in [0.5, 0.6) is 0 Å². The molecule has 8 nitrogen and oxygen atoms in total. The quantitative estimate of drug-likeness (QED) is 0.638. The number of halogens is 1. The maximum absolute atomic E-state index is 13.8. The van der Waals surface area contributed by atoms with Gasteiger partial charge in [0, 0.05) is 25.5 Å². The number of esters is 1. The molecule has 1 aromatic carbocycles. The summed E-state index contributed by atoms with van der Waals surface area (Å²) in [6.07, 6.45) is 4.72. The molecule has 9 heteroatoms. The number of carbonyl (C=O) groups excluding carboxylic acids is 2. The van der Waals surface area contributed by atoms with Crippen molar-refractivity contribution in [3.05, 3.63) is 59.4 Å². The van der Waals surface area contributed by atoms with Gasteiger partial charge in [0.15, 0.2) is 0 Å². The number of fused-ring (bicyclic) bond motifs is 1. The van der Waals surface area contributed by atoms with Gasteiger partial charge in [-0.3, -0.25) is 4.79 Å². The van der Waals surface area contributed by atoms with Crippen LogP contribution in [-0.4, -0.2) is 56.6 Å². The van der Waals surface area contributed by atoms with E-state index in [1.807, 2.05) is 0 Å². The number of nitrogens with zero attached hydrogens (tertiary/aromatic N) is 5. The number of benzene rings is 1. The largest absolute Gasteiger partial charge is 0.465 e. The summed E-state index contributed by atoms with van der Waals surface area (Å²) in [6, 6.07) is 6.16.